The zero-order valence-electron chi connectivity index (χ0n) is 20.6. The second-order valence-electron chi connectivity index (χ2n) is 9.42. The lowest BCUT2D eigenvalue weighted by molar-refractivity contribution is 0.0527. The third-order valence-corrected chi connectivity index (χ3v) is 6.72. The highest BCUT2D eigenvalue weighted by Crippen LogP contribution is 2.33. The zero-order valence-corrected chi connectivity index (χ0v) is 20.6. The third-order valence-electron chi connectivity index (χ3n) is 6.72. The van der Waals surface area contributed by atoms with Gasteiger partial charge in [-0.25, -0.2) is 19.3 Å². The normalized spacial score (nSPS) is 14.9. The van der Waals surface area contributed by atoms with Gasteiger partial charge in [-0.2, -0.15) is 0 Å². The Balaban J connectivity index is 1.36. The van der Waals surface area contributed by atoms with Crippen LogP contribution in [0.25, 0.3) is 17.0 Å². The van der Waals surface area contributed by atoms with Gasteiger partial charge in [0.2, 0.25) is 5.95 Å². The average Bonchev–Trinajstić information content (AvgIpc) is 3.34. The molecule has 1 aliphatic rings. The summed E-state index contributed by atoms with van der Waals surface area (Å²) in [4.78, 5) is 17.5. The van der Waals surface area contributed by atoms with Crippen molar-refractivity contribution >= 4 is 23.0 Å². The number of imidazole rings is 1. The predicted molar refractivity (Wildman–Crippen MR) is 137 cm³/mol. The number of hydrogen-bond donors (Lipinski definition) is 2. The van der Waals surface area contributed by atoms with Crippen LogP contribution in [-0.4, -0.2) is 74.8 Å². The van der Waals surface area contributed by atoms with E-state index in [0.717, 1.165) is 38.1 Å². The third kappa shape index (κ3) is 4.57. The number of piperazine rings is 1. The van der Waals surface area contributed by atoms with Gasteiger partial charge in [-0.05, 0) is 38.1 Å². The maximum atomic E-state index is 14.7. The maximum Gasteiger partial charge on any atom is 0.228 e. The summed E-state index contributed by atoms with van der Waals surface area (Å²) in [5.74, 6) is 0.357. The Labute approximate surface area is 209 Å². The van der Waals surface area contributed by atoms with Crippen LogP contribution in [0.3, 0.4) is 0 Å². The van der Waals surface area contributed by atoms with Crippen molar-refractivity contribution in [1.29, 1.82) is 0 Å². The summed E-state index contributed by atoms with van der Waals surface area (Å²) < 4.78 is 22.1. The van der Waals surface area contributed by atoms with Crippen molar-refractivity contribution < 1.29 is 14.2 Å². The van der Waals surface area contributed by atoms with Gasteiger partial charge in [0.25, 0.3) is 0 Å². The zero-order chi connectivity index (χ0) is 25.3. The summed E-state index contributed by atoms with van der Waals surface area (Å²) >= 11 is 0. The van der Waals surface area contributed by atoms with Gasteiger partial charge in [-0.3, -0.25) is 9.30 Å². The van der Waals surface area contributed by atoms with Gasteiger partial charge in [0.1, 0.15) is 17.1 Å². The molecule has 1 saturated heterocycles. The molecule has 0 atom stereocenters. The lowest BCUT2D eigenvalue weighted by Crippen LogP contribution is -2.56. The van der Waals surface area contributed by atoms with Crippen LogP contribution >= 0.6 is 0 Å². The number of anilines is 3. The second kappa shape index (κ2) is 9.71. The monoisotopic (exact) mass is 491 g/mol. The number of fused-ring (bicyclic) bond motifs is 1. The van der Waals surface area contributed by atoms with Gasteiger partial charge >= 0.3 is 0 Å². The van der Waals surface area contributed by atoms with Crippen molar-refractivity contribution in [2.24, 2.45) is 0 Å². The number of pyridine rings is 1. The Hall–Kier alpha value is -3.76. The molecule has 1 aliphatic heterocycles. The molecule has 1 fully saturated rings. The minimum atomic E-state index is -0.531. The van der Waals surface area contributed by atoms with Crippen LogP contribution in [0.2, 0.25) is 0 Å². The fourth-order valence-electron chi connectivity index (χ4n) is 4.48. The molecule has 0 amide bonds. The van der Waals surface area contributed by atoms with E-state index in [0.29, 0.717) is 22.8 Å². The Morgan fingerprint density at radius 3 is 2.64 bits per heavy atom. The van der Waals surface area contributed by atoms with E-state index in [4.69, 9.17) is 4.74 Å². The Morgan fingerprint density at radius 2 is 1.89 bits per heavy atom. The number of nitrogens with zero attached hydrogens (tertiary/aromatic N) is 6. The first-order valence-electron chi connectivity index (χ1n) is 11.9. The number of rotatable bonds is 7. The van der Waals surface area contributed by atoms with Crippen LogP contribution in [0, 0.1) is 5.82 Å². The summed E-state index contributed by atoms with van der Waals surface area (Å²) in [7, 11) is 1.61. The van der Waals surface area contributed by atoms with Crippen molar-refractivity contribution in [2.75, 3.05) is 50.1 Å². The van der Waals surface area contributed by atoms with Crippen molar-refractivity contribution in [2.45, 2.75) is 19.4 Å². The topological polar surface area (TPSA) is 91.0 Å². The number of aromatic nitrogens is 4. The van der Waals surface area contributed by atoms with Gasteiger partial charge in [-0.15, -0.1) is 0 Å². The number of aliphatic hydroxyl groups is 1. The van der Waals surface area contributed by atoms with Crippen LogP contribution in [0.1, 0.15) is 13.8 Å². The number of hydrogen-bond acceptors (Lipinski definition) is 8. The fourth-order valence-corrected chi connectivity index (χ4v) is 4.48. The molecular weight excluding hydrogens is 461 g/mol. The lowest BCUT2D eigenvalue weighted by Gasteiger charge is -2.44. The van der Waals surface area contributed by atoms with Crippen LogP contribution in [0.15, 0.2) is 55.0 Å². The van der Waals surface area contributed by atoms with Crippen LogP contribution in [0.5, 0.6) is 5.75 Å². The number of nitrogens with one attached hydrogen (secondary N) is 1. The molecule has 4 aromatic rings. The average molecular weight is 492 g/mol. The second-order valence-corrected chi connectivity index (χ2v) is 9.42. The van der Waals surface area contributed by atoms with E-state index >= 15 is 0 Å². The first kappa shape index (κ1) is 24.0. The molecule has 10 heteroatoms. The summed E-state index contributed by atoms with van der Waals surface area (Å²) in [6, 6.07) is 11.5. The first-order valence-corrected chi connectivity index (χ1v) is 11.9. The van der Waals surface area contributed by atoms with Crippen LogP contribution in [-0.2, 0) is 0 Å². The molecule has 9 nitrogen and oxygen atoms in total. The highest BCUT2D eigenvalue weighted by molar-refractivity contribution is 5.69. The minimum Gasteiger partial charge on any atom is -0.494 e. The SMILES string of the molecule is COc1cc(N2CCN(C(C)(C)CO)CC2)ccc1Nc1ncc(F)c(-c2cnc3ccccn23)n1. The van der Waals surface area contributed by atoms with Gasteiger partial charge < -0.3 is 20.1 Å². The number of halogens is 1. The van der Waals surface area contributed by atoms with Gasteiger partial charge in [0, 0.05) is 49.7 Å². The van der Waals surface area contributed by atoms with E-state index < -0.39 is 5.82 Å². The molecule has 0 unspecified atom stereocenters. The van der Waals surface area contributed by atoms with E-state index in [1.807, 2.05) is 42.6 Å². The maximum absolute atomic E-state index is 14.7. The molecule has 1 aromatic carbocycles. The molecule has 5 rings (SSSR count). The highest BCUT2D eigenvalue weighted by atomic mass is 19.1. The molecule has 188 valence electrons. The Bertz CT molecular complexity index is 1370. The molecule has 36 heavy (non-hydrogen) atoms. The van der Waals surface area contributed by atoms with Crippen LogP contribution < -0.4 is 15.0 Å². The number of methoxy groups -OCH3 is 1. The Morgan fingerprint density at radius 1 is 1.08 bits per heavy atom. The lowest BCUT2D eigenvalue weighted by atomic mass is 10.0. The van der Waals surface area contributed by atoms with Crippen molar-refractivity contribution in [3.63, 3.8) is 0 Å². The van der Waals surface area contributed by atoms with Crippen molar-refractivity contribution in [3.05, 3.63) is 60.8 Å². The summed E-state index contributed by atoms with van der Waals surface area (Å²) in [5.41, 5.74) is 2.90. The molecule has 2 N–H and O–H groups in total. The fraction of sp³-hybridized carbons (Fsp3) is 0.346. The quantitative estimate of drug-likeness (QED) is 0.406. The molecule has 0 aliphatic carbocycles. The minimum absolute atomic E-state index is 0.131. The van der Waals surface area contributed by atoms with Crippen LogP contribution in [0.4, 0.5) is 21.7 Å². The summed E-state index contributed by atoms with van der Waals surface area (Å²) in [6.07, 6.45) is 4.57. The molecule has 0 spiro atoms. The Kier molecular flexibility index (Phi) is 6.46. The number of benzene rings is 1. The standard InChI is InChI=1S/C26H30FN7O2/c1-26(2,17-35)33-12-10-32(11-13-33)18-7-8-20(22(14-18)36-3)30-25-29-15-19(27)24(31-25)21-16-28-23-6-4-5-9-34(21)23/h4-9,14-16,35H,10-13,17H2,1-3H3,(H,29,30,31). The first-order chi connectivity index (χ1) is 17.4. The van der Waals surface area contributed by atoms with Crippen molar-refractivity contribution in [3.8, 4) is 17.1 Å². The molecule has 4 heterocycles. The number of aliphatic hydroxyl groups excluding tert-OH is 1. The molecular formula is C26H30FN7O2. The van der Waals surface area contributed by atoms with Gasteiger partial charge in [0.05, 0.1) is 37.5 Å². The highest BCUT2D eigenvalue weighted by Gasteiger charge is 2.29. The predicted octanol–water partition coefficient (Wildman–Crippen LogP) is 3.58. The largest absolute Gasteiger partial charge is 0.494 e. The van der Waals surface area contributed by atoms with E-state index in [2.05, 4.69) is 43.9 Å². The summed E-state index contributed by atoms with van der Waals surface area (Å²) in [6.45, 7) is 7.68. The smallest absolute Gasteiger partial charge is 0.228 e. The van der Waals surface area contributed by atoms with E-state index in [-0.39, 0.29) is 23.8 Å². The van der Waals surface area contributed by atoms with E-state index in [1.165, 1.54) is 0 Å². The van der Waals surface area contributed by atoms with E-state index in [9.17, 15) is 9.50 Å². The van der Waals surface area contributed by atoms with Gasteiger partial charge in [0.15, 0.2) is 5.82 Å². The molecule has 0 bridgehead atoms. The summed E-state index contributed by atoms with van der Waals surface area (Å²) in [5, 5.41) is 12.8. The number of ether oxygens (including phenoxy) is 1. The molecule has 3 aromatic heterocycles. The van der Waals surface area contributed by atoms with Gasteiger partial charge in [-0.1, -0.05) is 6.07 Å². The van der Waals surface area contributed by atoms with E-state index in [1.54, 1.807) is 17.7 Å². The molecule has 0 saturated carbocycles. The molecule has 0 radical (unpaired) electrons. The van der Waals surface area contributed by atoms with Crippen molar-refractivity contribution in [1.82, 2.24) is 24.3 Å².